The molecule has 7 nitrogen and oxygen atoms in total. The van der Waals surface area contributed by atoms with E-state index in [4.69, 9.17) is 14.6 Å². The fourth-order valence-corrected chi connectivity index (χ4v) is 1.33. The van der Waals surface area contributed by atoms with Gasteiger partial charge in [-0.2, -0.15) is 0 Å². The quantitative estimate of drug-likeness (QED) is 0.622. The zero-order valence-electron chi connectivity index (χ0n) is 10.1. The van der Waals surface area contributed by atoms with Crippen molar-refractivity contribution in [1.82, 2.24) is 15.0 Å². The van der Waals surface area contributed by atoms with Crippen LogP contribution in [0.25, 0.3) is 0 Å². The number of ether oxygens (including phenoxy) is 2. The number of aliphatic hydroxyl groups is 2. The van der Waals surface area contributed by atoms with E-state index in [-0.39, 0.29) is 25.9 Å². The van der Waals surface area contributed by atoms with Gasteiger partial charge in [-0.15, -0.1) is 5.10 Å². The van der Waals surface area contributed by atoms with Gasteiger partial charge in [-0.25, -0.2) is 4.68 Å². The normalized spacial score (nSPS) is 14.8. The molecule has 7 heteroatoms. The third-order valence-electron chi connectivity index (χ3n) is 2.12. The Morgan fingerprint density at radius 2 is 2.24 bits per heavy atom. The zero-order valence-corrected chi connectivity index (χ0v) is 10.1. The van der Waals surface area contributed by atoms with E-state index < -0.39 is 6.10 Å². The second-order valence-electron chi connectivity index (χ2n) is 3.84. The van der Waals surface area contributed by atoms with Gasteiger partial charge in [-0.3, -0.25) is 0 Å². The molecule has 1 aromatic rings. The van der Waals surface area contributed by atoms with Gasteiger partial charge in [-0.1, -0.05) is 5.21 Å². The predicted octanol–water partition coefficient (Wildman–Crippen LogP) is -0.817. The topological polar surface area (TPSA) is 89.6 Å². The fourth-order valence-electron chi connectivity index (χ4n) is 1.33. The predicted molar refractivity (Wildman–Crippen MR) is 59.2 cm³/mol. The van der Waals surface area contributed by atoms with Crippen LogP contribution in [0.1, 0.15) is 12.6 Å². The molecule has 0 bridgehead atoms. The van der Waals surface area contributed by atoms with Crippen molar-refractivity contribution < 1.29 is 19.7 Å². The van der Waals surface area contributed by atoms with Crippen LogP contribution in [-0.2, 0) is 22.6 Å². The first-order valence-corrected chi connectivity index (χ1v) is 5.44. The van der Waals surface area contributed by atoms with E-state index in [1.54, 1.807) is 13.3 Å². The van der Waals surface area contributed by atoms with E-state index in [2.05, 4.69) is 10.3 Å². The highest BCUT2D eigenvalue weighted by molar-refractivity contribution is 4.89. The summed E-state index contributed by atoms with van der Waals surface area (Å²) in [5.41, 5.74) is 0.478. The number of hydrogen-bond acceptors (Lipinski definition) is 6. The van der Waals surface area contributed by atoms with Crippen LogP contribution in [0.5, 0.6) is 0 Å². The molecular weight excluding hydrogens is 226 g/mol. The van der Waals surface area contributed by atoms with Crippen molar-refractivity contribution in [2.75, 3.05) is 20.3 Å². The van der Waals surface area contributed by atoms with Gasteiger partial charge in [0.2, 0.25) is 0 Å². The van der Waals surface area contributed by atoms with Gasteiger partial charge in [0.15, 0.2) is 0 Å². The van der Waals surface area contributed by atoms with Crippen LogP contribution in [0.2, 0.25) is 0 Å². The third kappa shape index (κ3) is 5.22. The summed E-state index contributed by atoms with van der Waals surface area (Å²) in [5.74, 6) is 0. The monoisotopic (exact) mass is 245 g/mol. The molecule has 0 amide bonds. The van der Waals surface area contributed by atoms with Crippen LogP contribution in [-0.4, -0.2) is 57.7 Å². The van der Waals surface area contributed by atoms with Crippen LogP contribution in [0.15, 0.2) is 6.20 Å². The van der Waals surface area contributed by atoms with Crippen LogP contribution in [0.4, 0.5) is 0 Å². The Morgan fingerprint density at radius 3 is 2.82 bits per heavy atom. The molecule has 0 aliphatic carbocycles. The molecule has 0 radical (unpaired) electrons. The first-order valence-electron chi connectivity index (χ1n) is 5.44. The Kier molecular flexibility index (Phi) is 6.06. The van der Waals surface area contributed by atoms with Crippen molar-refractivity contribution in [3.63, 3.8) is 0 Å². The van der Waals surface area contributed by atoms with E-state index in [0.29, 0.717) is 12.3 Å². The molecule has 0 aliphatic heterocycles. The van der Waals surface area contributed by atoms with E-state index >= 15 is 0 Å². The summed E-state index contributed by atoms with van der Waals surface area (Å²) in [7, 11) is 1.60. The molecule has 17 heavy (non-hydrogen) atoms. The minimum Gasteiger partial charge on any atom is -0.390 e. The van der Waals surface area contributed by atoms with Gasteiger partial charge < -0.3 is 19.7 Å². The Hall–Kier alpha value is -1.02. The maximum absolute atomic E-state index is 9.68. The highest BCUT2D eigenvalue weighted by atomic mass is 16.5. The Bertz CT molecular complexity index is 318. The molecule has 1 rings (SSSR count). The first-order chi connectivity index (χ1) is 8.15. The van der Waals surface area contributed by atoms with Crippen LogP contribution >= 0.6 is 0 Å². The molecule has 98 valence electrons. The third-order valence-corrected chi connectivity index (χ3v) is 2.12. The van der Waals surface area contributed by atoms with Gasteiger partial charge >= 0.3 is 0 Å². The molecule has 2 unspecified atom stereocenters. The summed E-state index contributed by atoms with van der Waals surface area (Å²) in [6.07, 6.45) is 0.864. The van der Waals surface area contributed by atoms with Gasteiger partial charge in [0, 0.05) is 7.11 Å². The summed E-state index contributed by atoms with van der Waals surface area (Å²) in [5, 5.41) is 25.9. The number of nitrogens with zero attached hydrogens (tertiary/aromatic N) is 3. The molecule has 0 aromatic carbocycles. The molecular formula is C10H19N3O4. The number of methoxy groups -OCH3 is 1. The van der Waals surface area contributed by atoms with Gasteiger partial charge in [0.25, 0.3) is 0 Å². The summed E-state index contributed by atoms with van der Waals surface area (Å²) < 4.78 is 11.7. The number of aromatic nitrogens is 3. The molecule has 0 spiro atoms. The smallest absolute Gasteiger partial charge is 0.108 e. The lowest BCUT2D eigenvalue weighted by Gasteiger charge is -2.15. The van der Waals surface area contributed by atoms with Crippen LogP contribution in [0, 0.1) is 0 Å². The van der Waals surface area contributed by atoms with Gasteiger partial charge in [0.1, 0.15) is 5.69 Å². The van der Waals surface area contributed by atoms with Crippen molar-refractivity contribution >= 4 is 0 Å². The second-order valence-corrected chi connectivity index (χ2v) is 3.84. The van der Waals surface area contributed by atoms with Crippen molar-refractivity contribution in [3.8, 4) is 0 Å². The molecule has 2 atom stereocenters. The second kappa shape index (κ2) is 7.33. The van der Waals surface area contributed by atoms with Gasteiger partial charge in [0.05, 0.1) is 44.8 Å². The molecule has 1 heterocycles. The molecule has 0 fully saturated rings. The summed E-state index contributed by atoms with van der Waals surface area (Å²) >= 11 is 0. The van der Waals surface area contributed by atoms with Crippen molar-refractivity contribution in [2.45, 2.75) is 32.3 Å². The van der Waals surface area contributed by atoms with Crippen molar-refractivity contribution in [3.05, 3.63) is 11.9 Å². The highest BCUT2D eigenvalue weighted by Gasteiger charge is 2.10. The Morgan fingerprint density at radius 1 is 1.47 bits per heavy atom. The van der Waals surface area contributed by atoms with Crippen molar-refractivity contribution in [2.24, 2.45) is 0 Å². The summed E-state index contributed by atoms with van der Waals surface area (Å²) in [6, 6.07) is 0. The maximum atomic E-state index is 9.68. The van der Waals surface area contributed by atoms with E-state index in [1.165, 1.54) is 4.68 Å². The van der Waals surface area contributed by atoms with Crippen molar-refractivity contribution in [1.29, 1.82) is 0 Å². The minimum absolute atomic E-state index is 0.0570. The van der Waals surface area contributed by atoms with E-state index in [1.807, 2.05) is 6.92 Å². The molecule has 0 saturated heterocycles. The number of rotatable bonds is 8. The average molecular weight is 245 g/mol. The molecule has 0 aliphatic rings. The first kappa shape index (κ1) is 14.0. The number of aliphatic hydroxyl groups excluding tert-OH is 2. The van der Waals surface area contributed by atoms with Crippen LogP contribution < -0.4 is 0 Å². The lowest BCUT2D eigenvalue weighted by atomic mass is 10.3. The summed E-state index contributed by atoms with van der Waals surface area (Å²) in [6.45, 7) is 2.70. The highest BCUT2D eigenvalue weighted by Crippen LogP contribution is 1.98. The summed E-state index contributed by atoms with van der Waals surface area (Å²) in [4.78, 5) is 0. The van der Waals surface area contributed by atoms with Gasteiger partial charge in [-0.05, 0) is 6.92 Å². The Balaban J connectivity index is 2.26. The zero-order chi connectivity index (χ0) is 12.7. The minimum atomic E-state index is -0.664. The standard InChI is InChI=1S/C10H19N3O4/c1-8(6-16-2)17-7-10(15)4-13-3-9(5-14)11-12-13/h3,8,10,14-15H,4-7H2,1-2H3. The number of hydrogen-bond donors (Lipinski definition) is 2. The molecule has 2 N–H and O–H groups in total. The lowest BCUT2D eigenvalue weighted by molar-refractivity contribution is -0.0365. The average Bonchev–Trinajstić information content (AvgIpc) is 2.74. The lowest BCUT2D eigenvalue weighted by Crippen LogP contribution is -2.26. The maximum Gasteiger partial charge on any atom is 0.108 e. The van der Waals surface area contributed by atoms with E-state index in [9.17, 15) is 5.11 Å². The largest absolute Gasteiger partial charge is 0.390 e. The van der Waals surface area contributed by atoms with E-state index in [0.717, 1.165) is 0 Å². The SMILES string of the molecule is COCC(C)OCC(O)Cn1cc(CO)nn1. The fraction of sp³-hybridized carbons (Fsp3) is 0.800. The molecule has 1 aromatic heterocycles. The van der Waals surface area contributed by atoms with Crippen LogP contribution in [0.3, 0.4) is 0 Å². The molecule has 0 saturated carbocycles. The Labute approximate surface area is 100.0 Å².